The molecule has 0 spiro atoms. The van der Waals surface area contributed by atoms with Gasteiger partial charge in [0.05, 0.1) is 18.8 Å². The lowest BCUT2D eigenvalue weighted by molar-refractivity contribution is -0.127. The number of hydrogen-bond acceptors (Lipinski definition) is 6. The van der Waals surface area contributed by atoms with Crippen LogP contribution in [0.4, 0.5) is 4.79 Å². The summed E-state index contributed by atoms with van der Waals surface area (Å²) in [6.45, 7) is 6.30. The molecule has 2 rings (SSSR count). The summed E-state index contributed by atoms with van der Waals surface area (Å²) in [5, 5.41) is 4.98. The van der Waals surface area contributed by atoms with Gasteiger partial charge in [-0.2, -0.15) is 0 Å². The van der Waals surface area contributed by atoms with Gasteiger partial charge in [-0.15, -0.1) is 0 Å². The van der Waals surface area contributed by atoms with Crippen LogP contribution in [0.15, 0.2) is 18.2 Å². The second-order valence-electron chi connectivity index (χ2n) is 7.29. The first-order valence-corrected chi connectivity index (χ1v) is 10.7. The van der Waals surface area contributed by atoms with Crippen molar-refractivity contribution in [3.63, 3.8) is 0 Å². The van der Waals surface area contributed by atoms with Gasteiger partial charge in [-0.05, 0) is 51.3 Å². The van der Waals surface area contributed by atoms with Gasteiger partial charge in [-0.3, -0.25) is 10.1 Å². The summed E-state index contributed by atoms with van der Waals surface area (Å²) in [7, 11) is 0. The second-order valence-corrected chi connectivity index (χ2v) is 7.29. The van der Waals surface area contributed by atoms with Crippen LogP contribution in [0.5, 0.6) is 11.5 Å². The van der Waals surface area contributed by atoms with Crippen molar-refractivity contribution in [2.75, 3.05) is 13.2 Å². The van der Waals surface area contributed by atoms with Crippen molar-refractivity contribution >= 4 is 17.9 Å². The zero-order valence-electron chi connectivity index (χ0n) is 18.0. The van der Waals surface area contributed by atoms with Gasteiger partial charge in [-0.1, -0.05) is 26.2 Å². The van der Waals surface area contributed by atoms with E-state index in [4.69, 9.17) is 14.2 Å². The maximum atomic E-state index is 12.5. The Kier molecular flexibility index (Phi) is 9.44. The largest absolute Gasteiger partial charge is 0.490 e. The van der Waals surface area contributed by atoms with Gasteiger partial charge in [0.2, 0.25) is 0 Å². The topological polar surface area (TPSA) is 103 Å². The van der Waals surface area contributed by atoms with Gasteiger partial charge >= 0.3 is 12.0 Å². The fraction of sp³-hybridized carbons (Fsp3) is 0.591. The quantitative estimate of drug-likeness (QED) is 0.443. The van der Waals surface area contributed by atoms with Gasteiger partial charge in [0.25, 0.3) is 5.91 Å². The third-order valence-electron chi connectivity index (χ3n) is 4.81. The summed E-state index contributed by atoms with van der Waals surface area (Å²) < 4.78 is 16.5. The molecule has 0 saturated heterocycles. The predicted octanol–water partition coefficient (Wildman–Crippen LogP) is 3.58. The van der Waals surface area contributed by atoms with Crippen molar-refractivity contribution in [2.45, 2.75) is 71.4 Å². The minimum absolute atomic E-state index is 0.0886. The molecule has 1 unspecified atom stereocenters. The molecule has 0 aromatic heterocycles. The number of benzene rings is 1. The number of unbranched alkanes of at least 4 members (excludes halogenated alkanes) is 1. The van der Waals surface area contributed by atoms with Crippen molar-refractivity contribution in [1.82, 2.24) is 10.6 Å². The standard InChI is InChI=1S/C22H32N2O6/c1-4-6-13-29-18-12-11-16(14-19(18)28-5-2)21(26)30-15(3)20(25)24-22(27)23-17-9-7-8-10-17/h11-12,14-15,17H,4-10,13H2,1-3H3,(H2,23,24,25,27). The molecule has 1 saturated carbocycles. The Balaban J connectivity index is 1.91. The number of hydrogen-bond donors (Lipinski definition) is 2. The molecule has 3 amide bonds. The summed E-state index contributed by atoms with van der Waals surface area (Å²) in [6.07, 6.45) is 4.75. The van der Waals surface area contributed by atoms with E-state index in [1.54, 1.807) is 12.1 Å². The highest BCUT2D eigenvalue weighted by molar-refractivity contribution is 5.98. The van der Waals surface area contributed by atoms with Crippen LogP contribution in [0.1, 0.15) is 69.7 Å². The zero-order chi connectivity index (χ0) is 21.9. The Morgan fingerprint density at radius 2 is 1.83 bits per heavy atom. The second kappa shape index (κ2) is 12.0. The summed E-state index contributed by atoms with van der Waals surface area (Å²) in [5.74, 6) is -0.370. The minimum Gasteiger partial charge on any atom is -0.490 e. The first-order valence-electron chi connectivity index (χ1n) is 10.7. The van der Waals surface area contributed by atoms with Crippen LogP contribution in [0.3, 0.4) is 0 Å². The van der Waals surface area contributed by atoms with Gasteiger partial charge in [-0.25, -0.2) is 9.59 Å². The minimum atomic E-state index is -1.12. The molecule has 1 aromatic carbocycles. The molecule has 1 fully saturated rings. The van der Waals surface area contributed by atoms with E-state index in [0.29, 0.717) is 24.7 Å². The lowest BCUT2D eigenvalue weighted by Crippen LogP contribution is -2.47. The highest BCUT2D eigenvalue weighted by Gasteiger charge is 2.23. The van der Waals surface area contributed by atoms with Crippen molar-refractivity contribution < 1.29 is 28.6 Å². The summed E-state index contributed by atoms with van der Waals surface area (Å²) in [5.41, 5.74) is 0.233. The number of nitrogens with one attached hydrogen (secondary N) is 2. The molecule has 0 radical (unpaired) electrons. The first-order chi connectivity index (χ1) is 14.4. The highest BCUT2D eigenvalue weighted by atomic mass is 16.5. The van der Waals surface area contributed by atoms with E-state index < -0.39 is 24.0 Å². The summed E-state index contributed by atoms with van der Waals surface area (Å²) >= 11 is 0. The van der Waals surface area contributed by atoms with Crippen molar-refractivity contribution in [3.8, 4) is 11.5 Å². The third-order valence-corrected chi connectivity index (χ3v) is 4.81. The molecule has 1 aliphatic carbocycles. The molecule has 2 N–H and O–H groups in total. The Labute approximate surface area is 177 Å². The monoisotopic (exact) mass is 420 g/mol. The fourth-order valence-corrected chi connectivity index (χ4v) is 3.14. The van der Waals surface area contributed by atoms with E-state index in [1.165, 1.54) is 13.0 Å². The number of ether oxygens (including phenoxy) is 3. The molecule has 166 valence electrons. The molecule has 0 heterocycles. The smallest absolute Gasteiger partial charge is 0.339 e. The van der Waals surface area contributed by atoms with Gasteiger partial charge in [0, 0.05) is 6.04 Å². The lowest BCUT2D eigenvalue weighted by Gasteiger charge is -2.16. The van der Waals surface area contributed by atoms with Gasteiger partial charge < -0.3 is 19.5 Å². The van der Waals surface area contributed by atoms with Crippen LogP contribution in [0.2, 0.25) is 0 Å². The number of esters is 1. The Morgan fingerprint density at radius 3 is 2.50 bits per heavy atom. The van der Waals surface area contributed by atoms with E-state index in [9.17, 15) is 14.4 Å². The molecule has 1 aromatic rings. The van der Waals surface area contributed by atoms with E-state index >= 15 is 0 Å². The van der Waals surface area contributed by atoms with Crippen LogP contribution in [-0.2, 0) is 9.53 Å². The molecule has 30 heavy (non-hydrogen) atoms. The number of carbonyl (C=O) groups is 3. The molecule has 0 aliphatic heterocycles. The van der Waals surface area contributed by atoms with Crippen LogP contribution in [-0.4, -0.2) is 43.3 Å². The normalized spacial score (nSPS) is 14.6. The predicted molar refractivity (Wildman–Crippen MR) is 112 cm³/mol. The summed E-state index contributed by atoms with van der Waals surface area (Å²) in [6, 6.07) is 4.26. The average molecular weight is 421 g/mol. The fourth-order valence-electron chi connectivity index (χ4n) is 3.14. The molecule has 8 heteroatoms. The van der Waals surface area contributed by atoms with Crippen molar-refractivity contribution in [2.24, 2.45) is 0 Å². The number of carbonyl (C=O) groups excluding carboxylic acids is 3. The number of rotatable bonds is 10. The average Bonchev–Trinajstić information content (AvgIpc) is 3.22. The number of amides is 3. The van der Waals surface area contributed by atoms with Gasteiger partial charge in [0.1, 0.15) is 0 Å². The van der Waals surface area contributed by atoms with Crippen molar-refractivity contribution in [3.05, 3.63) is 23.8 Å². The first kappa shape index (κ1) is 23.5. The number of urea groups is 1. The maximum absolute atomic E-state index is 12.5. The molecule has 0 bridgehead atoms. The Morgan fingerprint density at radius 1 is 1.10 bits per heavy atom. The van der Waals surface area contributed by atoms with Crippen LogP contribution >= 0.6 is 0 Å². The van der Waals surface area contributed by atoms with E-state index in [2.05, 4.69) is 17.6 Å². The van der Waals surface area contributed by atoms with E-state index in [0.717, 1.165) is 38.5 Å². The molecular formula is C22H32N2O6. The van der Waals surface area contributed by atoms with Crippen LogP contribution < -0.4 is 20.1 Å². The zero-order valence-corrected chi connectivity index (χ0v) is 18.0. The van der Waals surface area contributed by atoms with Crippen LogP contribution in [0, 0.1) is 0 Å². The van der Waals surface area contributed by atoms with Gasteiger partial charge in [0.15, 0.2) is 17.6 Å². The molecular weight excluding hydrogens is 388 g/mol. The summed E-state index contributed by atoms with van der Waals surface area (Å²) in [4.78, 5) is 36.5. The third kappa shape index (κ3) is 7.24. The lowest BCUT2D eigenvalue weighted by atomic mass is 10.2. The Bertz CT molecular complexity index is 730. The van der Waals surface area contributed by atoms with E-state index in [-0.39, 0.29) is 11.6 Å². The van der Waals surface area contributed by atoms with Crippen LogP contribution in [0.25, 0.3) is 0 Å². The molecule has 1 atom stereocenters. The number of imide groups is 1. The Hall–Kier alpha value is -2.77. The maximum Gasteiger partial charge on any atom is 0.339 e. The SMILES string of the molecule is CCCCOc1ccc(C(=O)OC(C)C(=O)NC(=O)NC2CCCC2)cc1OCC. The highest BCUT2D eigenvalue weighted by Crippen LogP contribution is 2.29. The van der Waals surface area contributed by atoms with E-state index in [1.807, 2.05) is 6.92 Å². The van der Waals surface area contributed by atoms with Crippen molar-refractivity contribution in [1.29, 1.82) is 0 Å². The molecule has 8 nitrogen and oxygen atoms in total. The molecule has 1 aliphatic rings.